The van der Waals surface area contributed by atoms with E-state index in [1.165, 1.54) is 6.92 Å². The summed E-state index contributed by atoms with van der Waals surface area (Å²) in [6.45, 7) is 1.80. The molecule has 0 unspecified atom stereocenters. The van der Waals surface area contributed by atoms with Crippen LogP contribution in [0, 0.1) is 0 Å². The summed E-state index contributed by atoms with van der Waals surface area (Å²) in [5.74, 6) is 0.544. The molecule has 0 spiro atoms. The van der Waals surface area contributed by atoms with Crippen LogP contribution in [0.3, 0.4) is 0 Å². The van der Waals surface area contributed by atoms with Gasteiger partial charge in [-0.15, -0.1) is 0 Å². The van der Waals surface area contributed by atoms with Gasteiger partial charge in [0.1, 0.15) is 12.0 Å². The number of rotatable bonds is 4. The number of carbonyl (C=O) groups is 2. The Hall–Kier alpha value is -1.84. The average Bonchev–Trinajstić information content (AvgIpc) is 2.25. The van der Waals surface area contributed by atoms with Gasteiger partial charge in [-0.05, 0) is 18.2 Å². The minimum absolute atomic E-state index is 0.117. The first-order valence-electron chi connectivity index (χ1n) is 4.54. The van der Waals surface area contributed by atoms with E-state index in [0.717, 1.165) is 11.8 Å². The van der Waals surface area contributed by atoms with Crippen molar-refractivity contribution in [2.45, 2.75) is 13.5 Å². The molecule has 0 saturated heterocycles. The Kier molecular flexibility index (Phi) is 3.85. The summed E-state index contributed by atoms with van der Waals surface area (Å²) in [6, 6.07) is 5.08. The van der Waals surface area contributed by atoms with Gasteiger partial charge >= 0.3 is 0 Å². The second kappa shape index (κ2) is 5.14. The SMILES string of the molecule is COc1ccc(C=O)cc1CNC(C)=O. The number of hydrogen-bond donors (Lipinski definition) is 1. The predicted molar refractivity (Wildman–Crippen MR) is 55.9 cm³/mol. The third-order valence-corrected chi connectivity index (χ3v) is 1.97. The van der Waals surface area contributed by atoms with Crippen LogP contribution in [0.15, 0.2) is 18.2 Å². The van der Waals surface area contributed by atoms with E-state index in [9.17, 15) is 9.59 Å². The molecule has 0 saturated carbocycles. The third-order valence-electron chi connectivity index (χ3n) is 1.97. The molecule has 1 aromatic rings. The number of methoxy groups -OCH3 is 1. The first kappa shape index (κ1) is 11.2. The zero-order valence-corrected chi connectivity index (χ0v) is 8.74. The van der Waals surface area contributed by atoms with Crippen molar-refractivity contribution in [3.8, 4) is 5.75 Å². The van der Waals surface area contributed by atoms with Gasteiger partial charge in [0, 0.05) is 24.6 Å². The molecule has 0 aliphatic heterocycles. The van der Waals surface area contributed by atoms with E-state index in [-0.39, 0.29) is 5.91 Å². The van der Waals surface area contributed by atoms with E-state index in [0.29, 0.717) is 17.9 Å². The standard InChI is InChI=1S/C11H13NO3/c1-8(14)12-6-10-5-9(7-13)3-4-11(10)15-2/h3-5,7H,6H2,1-2H3,(H,12,14). The number of benzene rings is 1. The highest BCUT2D eigenvalue weighted by atomic mass is 16.5. The Balaban J connectivity index is 2.90. The van der Waals surface area contributed by atoms with Crippen molar-refractivity contribution < 1.29 is 14.3 Å². The lowest BCUT2D eigenvalue weighted by Gasteiger charge is -2.09. The van der Waals surface area contributed by atoms with Crippen molar-refractivity contribution in [3.63, 3.8) is 0 Å². The lowest BCUT2D eigenvalue weighted by Crippen LogP contribution is -2.19. The van der Waals surface area contributed by atoms with Crippen LogP contribution in [0.1, 0.15) is 22.8 Å². The lowest BCUT2D eigenvalue weighted by atomic mass is 10.1. The van der Waals surface area contributed by atoms with Crippen molar-refractivity contribution in [2.24, 2.45) is 0 Å². The van der Waals surface area contributed by atoms with Crippen molar-refractivity contribution in [1.29, 1.82) is 0 Å². The fourth-order valence-electron chi connectivity index (χ4n) is 1.23. The molecule has 15 heavy (non-hydrogen) atoms. The van der Waals surface area contributed by atoms with Gasteiger partial charge in [-0.2, -0.15) is 0 Å². The van der Waals surface area contributed by atoms with Crippen LogP contribution in [-0.4, -0.2) is 19.3 Å². The summed E-state index contributed by atoms with van der Waals surface area (Å²) in [5.41, 5.74) is 1.36. The molecule has 0 bridgehead atoms. The number of nitrogens with one attached hydrogen (secondary N) is 1. The van der Waals surface area contributed by atoms with Gasteiger partial charge < -0.3 is 10.1 Å². The first-order valence-corrected chi connectivity index (χ1v) is 4.54. The second-order valence-corrected chi connectivity index (χ2v) is 3.10. The molecule has 1 aromatic carbocycles. The maximum Gasteiger partial charge on any atom is 0.217 e. The number of ether oxygens (including phenoxy) is 1. The number of amides is 1. The molecule has 0 aliphatic carbocycles. The fraction of sp³-hybridized carbons (Fsp3) is 0.273. The molecule has 4 nitrogen and oxygen atoms in total. The van der Waals surface area contributed by atoms with Gasteiger partial charge in [-0.3, -0.25) is 9.59 Å². The summed E-state index contributed by atoms with van der Waals surface area (Å²) in [7, 11) is 1.55. The summed E-state index contributed by atoms with van der Waals surface area (Å²) >= 11 is 0. The second-order valence-electron chi connectivity index (χ2n) is 3.10. The molecule has 0 aromatic heterocycles. The van der Waals surface area contributed by atoms with E-state index >= 15 is 0 Å². The molecule has 0 fully saturated rings. The van der Waals surface area contributed by atoms with Crippen LogP contribution in [0.2, 0.25) is 0 Å². The Morgan fingerprint density at radius 2 is 2.27 bits per heavy atom. The molecule has 1 amide bonds. The molecule has 1 rings (SSSR count). The number of carbonyl (C=O) groups excluding carboxylic acids is 2. The summed E-state index contributed by atoms with van der Waals surface area (Å²) in [4.78, 5) is 21.3. The molecule has 1 N–H and O–H groups in total. The molecule has 0 atom stereocenters. The zero-order valence-electron chi connectivity index (χ0n) is 8.74. The Bertz CT molecular complexity index is 374. The molecule has 0 aliphatic rings. The van der Waals surface area contributed by atoms with E-state index in [4.69, 9.17) is 4.74 Å². The predicted octanol–water partition coefficient (Wildman–Crippen LogP) is 1.14. The van der Waals surface area contributed by atoms with Crippen LogP contribution < -0.4 is 10.1 Å². The van der Waals surface area contributed by atoms with Crippen LogP contribution in [0.5, 0.6) is 5.75 Å². The van der Waals surface area contributed by atoms with E-state index in [1.807, 2.05) is 0 Å². The smallest absolute Gasteiger partial charge is 0.217 e. The minimum Gasteiger partial charge on any atom is -0.496 e. The van der Waals surface area contributed by atoms with Gasteiger partial charge in [-0.1, -0.05) is 0 Å². The Labute approximate surface area is 88.2 Å². The van der Waals surface area contributed by atoms with E-state index in [2.05, 4.69) is 5.32 Å². The van der Waals surface area contributed by atoms with Crippen LogP contribution >= 0.6 is 0 Å². The van der Waals surface area contributed by atoms with Crippen LogP contribution in [0.25, 0.3) is 0 Å². The van der Waals surface area contributed by atoms with Gasteiger partial charge in [0.25, 0.3) is 0 Å². The molecule has 4 heteroatoms. The number of aldehydes is 1. The topological polar surface area (TPSA) is 55.4 Å². The Morgan fingerprint density at radius 1 is 1.53 bits per heavy atom. The molecule has 80 valence electrons. The van der Waals surface area contributed by atoms with E-state index < -0.39 is 0 Å². The van der Waals surface area contributed by atoms with Gasteiger partial charge in [0.2, 0.25) is 5.91 Å². The minimum atomic E-state index is -0.117. The molecular weight excluding hydrogens is 194 g/mol. The average molecular weight is 207 g/mol. The van der Waals surface area contributed by atoms with Crippen molar-refractivity contribution >= 4 is 12.2 Å². The fourth-order valence-corrected chi connectivity index (χ4v) is 1.23. The third kappa shape index (κ3) is 3.09. The normalized spacial score (nSPS) is 9.47. The lowest BCUT2D eigenvalue weighted by molar-refractivity contribution is -0.119. The Morgan fingerprint density at radius 3 is 2.80 bits per heavy atom. The van der Waals surface area contributed by atoms with Crippen molar-refractivity contribution in [2.75, 3.05) is 7.11 Å². The summed E-state index contributed by atoms with van der Waals surface area (Å²) in [6.07, 6.45) is 0.761. The highest BCUT2D eigenvalue weighted by Gasteiger charge is 2.04. The van der Waals surface area contributed by atoms with E-state index in [1.54, 1.807) is 25.3 Å². The zero-order chi connectivity index (χ0) is 11.3. The first-order chi connectivity index (χ1) is 7.17. The highest BCUT2D eigenvalue weighted by Crippen LogP contribution is 2.18. The summed E-state index contributed by atoms with van der Waals surface area (Å²) < 4.78 is 5.11. The number of hydrogen-bond acceptors (Lipinski definition) is 3. The van der Waals surface area contributed by atoms with Crippen molar-refractivity contribution in [3.05, 3.63) is 29.3 Å². The summed E-state index contributed by atoms with van der Waals surface area (Å²) in [5, 5.41) is 2.65. The van der Waals surface area contributed by atoms with Crippen molar-refractivity contribution in [1.82, 2.24) is 5.32 Å². The highest BCUT2D eigenvalue weighted by molar-refractivity contribution is 5.76. The largest absolute Gasteiger partial charge is 0.496 e. The molecule has 0 heterocycles. The maximum absolute atomic E-state index is 10.7. The van der Waals surface area contributed by atoms with Crippen LogP contribution in [-0.2, 0) is 11.3 Å². The van der Waals surface area contributed by atoms with Gasteiger partial charge in [0.15, 0.2) is 0 Å². The van der Waals surface area contributed by atoms with Gasteiger partial charge in [0.05, 0.1) is 7.11 Å². The quantitative estimate of drug-likeness (QED) is 0.753. The molecular formula is C11H13NO3. The van der Waals surface area contributed by atoms with Gasteiger partial charge in [-0.25, -0.2) is 0 Å². The maximum atomic E-state index is 10.7. The molecule has 0 radical (unpaired) electrons. The monoisotopic (exact) mass is 207 g/mol. The van der Waals surface area contributed by atoms with Crippen LogP contribution in [0.4, 0.5) is 0 Å².